The first kappa shape index (κ1) is 10.9. The average Bonchev–Trinajstić information content (AvgIpc) is 2.67. The summed E-state index contributed by atoms with van der Waals surface area (Å²) < 4.78 is 1.92. The Labute approximate surface area is 95.9 Å². The van der Waals surface area contributed by atoms with Crippen LogP contribution in [0, 0.1) is 13.8 Å². The van der Waals surface area contributed by atoms with Gasteiger partial charge in [0.05, 0.1) is 11.4 Å². The van der Waals surface area contributed by atoms with Crippen LogP contribution in [0.25, 0.3) is 5.69 Å². The number of benzene rings is 1. The third kappa shape index (κ3) is 2.14. The van der Waals surface area contributed by atoms with Crippen LogP contribution in [-0.2, 0) is 6.42 Å². The van der Waals surface area contributed by atoms with Crippen LogP contribution >= 0.6 is 0 Å². The van der Waals surface area contributed by atoms with Crippen molar-refractivity contribution in [3.05, 3.63) is 47.3 Å². The summed E-state index contributed by atoms with van der Waals surface area (Å²) in [5.74, 6) is 0. The number of hydrogen-bond acceptors (Lipinski definition) is 2. The highest BCUT2D eigenvalue weighted by atomic mass is 15.3. The molecule has 0 saturated heterocycles. The standard InChI is InChI=1S/C13H17N3/c1-10-3-4-13(11(2)9-10)16-8-6-12(15-16)5-7-14/h3-4,6,8-9H,5,7,14H2,1-2H3. The first-order chi connectivity index (χ1) is 7.70. The molecule has 0 fully saturated rings. The predicted octanol–water partition coefficient (Wildman–Crippen LogP) is 1.99. The fourth-order valence-electron chi connectivity index (χ4n) is 1.84. The van der Waals surface area contributed by atoms with Gasteiger partial charge in [0.15, 0.2) is 0 Å². The maximum absolute atomic E-state index is 5.51. The van der Waals surface area contributed by atoms with Gasteiger partial charge >= 0.3 is 0 Å². The number of nitrogens with zero attached hydrogens (tertiary/aromatic N) is 2. The van der Waals surface area contributed by atoms with Crippen LogP contribution < -0.4 is 5.73 Å². The van der Waals surface area contributed by atoms with E-state index in [4.69, 9.17) is 5.73 Å². The fourth-order valence-corrected chi connectivity index (χ4v) is 1.84. The Morgan fingerprint density at radius 1 is 1.25 bits per heavy atom. The smallest absolute Gasteiger partial charge is 0.0674 e. The molecule has 0 aliphatic heterocycles. The zero-order valence-electron chi connectivity index (χ0n) is 9.77. The van der Waals surface area contributed by atoms with E-state index in [0.29, 0.717) is 6.54 Å². The fraction of sp³-hybridized carbons (Fsp3) is 0.308. The van der Waals surface area contributed by atoms with Crippen molar-refractivity contribution in [2.45, 2.75) is 20.3 Å². The van der Waals surface area contributed by atoms with Gasteiger partial charge in [-0.2, -0.15) is 5.10 Å². The van der Waals surface area contributed by atoms with Crippen molar-refractivity contribution in [3.63, 3.8) is 0 Å². The van der Waals surface area contributed by atoms with E-state index in [-0.39, 0.29) is 0 Å². The maximum atomic E-state index is 5.51. The van der Waals surface area contributed by atoms with Crippen molar-refractivity contribution in [1.29, 1.82) is 0 Å². The van der Waals surface area contributed by atoms with Crippen molar-refractivity contribution in [2.24, 2.45) is 5.73 Å². The minimum atomic E-state index is 0.643. The van der Waals surface area contributed by atoms with Gasteiger partial charge < -0.3 is 5.73 Å². The van der Waals surface area contributed by atoms with Gasteiger partial charge in [-0.1, -0.05) is 17.7 Å². The molecule has 0 radical (unpaired) electrons. The molecular formula is C13H17N3. The molecule has 2 rings (SSSR count). The van der Waals surface area contributed by atoms with Crippen LogP contribution in [0.1, 0.15) is 16.8 Å². The van der Waals surface area contributed by atoms with Crippen molar-refractivity contribution in [1.82, 2.24) is 9.78 Å². The van der Waals surface area contributed by atoms with Crippen LogP contribution in [0.3, 0.4) is 0 Å². The second-order valence-electron chi connectivity index (χ2n) is 4.08. The van der Waals surface area contributed by atoms with Gasteiger partial charge in [0.1, 0.15) is 0 Å². The highest BCUT2D eigenvalue weighted by Crippen LogP contribution is 2.15. The van der Waals surface area contributed by atoms with Gasteiger partial charge in [0.25, 0.3) is 0 Å². The third-order valence-corrected chi connectivity index (χ3v) is 2.64. The molecule has 0 aliphatic rings. The summed E-state index contributed by atoms with van der Waals surface area (Å²) in [5, 5.41) is 4.50. The lowest BCUT2D eigenvalue weighted by Crippen LogP contribution is -2.04. The van der Waals surface area contributed by atoms with Crippen molar-refractivity contribution < 1.29 is 0 Å². The molecule has 0 aliphatic carbocycles. The van der Waals surface area contributed by atoms with Gasteiger partial charge in [0.2, 0.25) is 0 Å². The van der Waals surface area contributed by atoms with Crippen LogP contribution in [0.2, 0.25) is 0 Å². The minimum absolute atomic E-state index is 0.643. The van der Waals surface area contributed by atoms with Gasteiger partial charge in [-0.25, -0.2) is 4.68 Å². The number of aromatic nitrogens is 2. The lowest BCUT2D eigenvalue weighted by molar-refractivity contribution is 0.817. The lowest BCUT2D eigenvalue weighted by Gasteiger charge is -2.06. The maximum Gasteiger partial charge on any atom is 0.0674 e. The Morgan fingerprint density at radius 2 is 2.06 bits per heavy atom. The van der Waals surface area contributed by atoms with Crippen molar-refractivity contribution in [2.75, 3.05) is 6.54 Å². The van der Waals surface area contributed by atoms with Gasteiger partial charge in [-0.05, 0) is 38.1 Å². The summed E-state index contributed by atoms with van der Waals surface area (Å²) in [5.41, 5.74) is 10.2. The molecular weight excluding hydrogens is 198 g/mol. The molecule has 0 amide bonds. The highest BCUT2D eigenvalue weighted by molar-refractivity contribution is 5.41. The second kappa shape index (κ2) is 4.49. The topological polar surface area (TPSA) is 43.8 Å². The lowest BCUT2D eigenvalue weighted by atomic mass is 10.1. The Morgan fingerprint density at radius 3 is 2.75 bits per heavy atom. The van der Waals surface area contributed by atoms with Crippen LogP contribution in [0.5, 0.6) is 0 Å². The molecule has 0 spiro atoms. The van der Waals surface area contributed by atoms with Crippen LogP contribution in [-0.4, -0.2) is 16.3 Å². The molecule has 2 N–H and O–H groups in total. The largest absolute Gasteiger partial charge is 0.330 e. The molecule has 1 heterocycles. The molecule has 3 nitrogen and oxygen atoms in total. The van der Waals surface area contributed by atoms with E-state index >= 15 is 0 Å². The summed E-state index contributed by atoms with van der Waals surface area (Å²) >= 11 is 0. The molecule has 1 aromatic carbocycles. The molecule has 3 heteroatoms. The SMILES string of the molecule is Cc1ccc(-n2ccc(CCN)n2)c(C)c1. The Kier molecular flexibility index (Phi) is 3.06. The molecule has 0 atom stereocenters. The van der Waals surface area contributed by atoms with E-state index in [1.165, 1.54) is 11.1 Å². The normalized spacial score (nSPS) is 10.7. The molecule has 2 aromatic rings. The Bertz CT molecular complexity index is 486. The highest BCUT2D eigenvalue weighted by Gasteiger charge is 2.03. The summed E-state index contributed by atoms with van der Waals surface area (Å²) in [4.78, 5) is 0. The van der Waals surface area contributed by atoms with E-state index < -0.39 is 0 Å². The predicted molar refractivity (Wildman–Crippen MR) is 65.8 cm³/mol. The van der Waals surface area contributed by atoms with Gasteiger partial charge in [-0.15, -0.1) is 0 Å². The van der Waals surface area contributed by atoms with Gasteiger partial charge in [0, 0.05) is 12.6 Å². The van der Waals surface area contributed by atoms with E-state index in [0.717, 1.165) is 17.8 Å². The van der Waals surface area contributed by atoms with E-state index in [2.05, 4.69) is 37.1 Å². The first-order valence-electron chi connectivity index (χ1n) is 5.53. The van der Waals surface area contributed by atoms with Crippen molar-refractivity contribution in [3.8, 4) is 5.69 Å². The van der Waals surface area contributed by atoms with Crippen LogP contribution in [0.4, 0.5) is 0 Å². The monoisotopic (exact) mass is 215 g/mol. The summed E-state index contributed by atoms with van der Waals surface area (Å²) in [6.07, 6.45) is 2.82. The zero-order valence-corrected chi connectivity index (χ0v) is 9.77. The molecule has 84 valence electrons. The number of hydrogen-bond donors (Lipinski definition) is 1. The van der Waals surface area contributed by atoms with Crippen molar-refractivity contribution >= 4 is 0 Å². The van der Waals surface area contributed by atoms with Gasteiger partial charge in [-0.3, -0.25) is 0 Å². The number of aryl methyl sites for hydroxylation is 2. The summed E-state index contributed by atoms with van der Waals surface area (Å²) in [6, 6.07) is 8.39. The van der Waals surface area contributed by atoms with E-state index in [1.54, 1.807) is 0 Å². The van der Waals surface area contributed by atoms with E-state index in [9.17, 15) is 0 Å². The summed E-state index contributed by atoms with van der Waals surface area (Å²) in [7, 11) is 0. The Balaban J connectivity index is 2.35. The van der Waals surface area contributed by atoms with Crippen LogP contribution in [0.15, 0.2) is 30.5 Å². The quantitative estimate of drug-likeness (QED) is 0.851. The number of rotatable bonds is 3. The summed E-state index contributed by atoms with van der Waals surface area (Å²) in [6.45, 7) is 4.84. The third-order valence-electron chi connectivity index (χ3n) is 2.64. The molecule has 0 bridgehead atoms. The second-order valence-corrected chi connectivity index (χ2v) is 4.08. The Hall–Kier alpha value is -1.61. The van der Waals surface area contributed by atoms with E-state index in [1.807, 2.05) is 16.9 Å². The molecule has 16 heavy (non-hydrogen) atoms. The average molecular weight is 215 g/mol. The number of nitrogens with two attached hydrogens (primary N) is 1. The molecule has 0 unspecified atom stereocenters. The molecule has 0 saturated carbocycles. The molecule has 1 aromatic heterocycles. The first-order valence-corrected chi connectivity index (χ1v) is 5.53. The zero-order chi connectivity index (χ0) is 11.5. The minimum Gasteiger partial charge on any atom is -0.330 e.